The van der Waals surface area contributed by atoms with Crippen LogP contribution in [-0.4, -0.2) is 75.4 Å². The first-order valence-electron chi connectivity index (χ1n) is 8.16. The minimum Gasteiger partial charge on any atom is -0.497 e. The van der Waals surface area contributed by atoms with E-state index in [9.17, 15) is 0 Å². The molecule has 0 amide bonds. The highest BCUT2D eigenvalue weighted by molar-refractivity contribution is 7.80. The summed E-state index contributed by atoms with van der Waals surface area (Å²) in [7, 11) is 5.88. The molecular formula is C17H28N4OS. The maximum absolute atomic E-state index is 5.51. The molecule has 5 nitrogen and oxygen atoms in total. The lowest BCUT2D eigenvalue weighted by Crippen LogP contribution is -2.52. The number of nitrogens with zero attached hydrogens (tertiary/aromatic N) is 3. The molecule has 0 bridgehead atoms. The molecule has 0 atom stereocenters. The molecule has 1 aliphatic heterocycles. The average molecular weight is 337 g/mol. The minimum atomic E-state index is 0.887. The van der Waals surface area contributed by atoms with E-state index in [-0.39, 0.29) is 0 Å². The van der Waals surface area contributed by atoms with Crippen LogP contribution in [0.5, 0.6) is 5.75 Å². The van der Waals surface area contributed by atoms with Crippen molar-refractivity contribution in [2.45, 2.75) is 6.42 Å². The van der Waals surface area contributed by atoms with Crippen molar-refractivity contribution >= 4 is 23.0 Å². The number of methoxy groups -OCH3 is 1. The van der Waals surface area contributed by atoms with Crippen molar-refractivity contribution in [3.05, 3.63) is 24.3 Å². The number of piperazine rings is 1. The van der Waals surface area contributed by atoms with Crippen LogP contribution in [0, 0.1) is 0 Å². The van der Waals surface area contributed by atoms with Gasteiger partial charge in [-0.1, -0.05) is 0 Å². The van der Waals surface area contributed by atoms with E-state index >= 15 is 0 Å². The van der Waals surface area contributed by atoms with Crippen LogP contribution in [0.1, 0.15) is 6.42 Å². The van der Waals surface area contributed by atoms with E-state index in [0.29, 0.717) is 0 Å². The van der Waals surface area contributed by atoms with Gasteiger partial charge in [0.2, 0.25) is 0 Å². The predicted molar refractivity (Wildman–Crippen MR) is 101 cm³/mol. The quantitative estimate of drug-likeness (QED) is 0.628. The number of thiocarbonyl (C=S) groups is 1. The minimum absolute atomic E-state index is 0.887. The highest BCUT2D eigenvalue weighted by atomic mass is 32.1. The smallest absolute Gasteiger partial charge is 0.169 e. The van der Waals surface area contributed by atoms with Crippen LogP contribution >= 0.6 is 12.2 Å². The molecule has 0 aliphatic carbocycles. The largest absolute Gasteiger partial charge is 0.497 e. The second-order valence-corrected chi connectivity index (χ2v) is 6.45. The van der Waals surface area contributed by atoms with Gasteiger partial charge >= 0.3 is 0 Å². The van der Waals surface area contributed by atoms with Gasteiger partial charge in [-0.15, -0.1) is 0 Å². The fourth-order valence-corrected chi connectivity index (χ4v) is 2.95. The summed E-state index contributed by atoms with van der Waals surface area (Å²) in [6.45, 7) is 5.94. The monoisotopic (exact) mass is 336 g/mol. The summed E-state index contributed by atoms with van der Waals surface area (Å²) in [6, 6.07) is 8.26. The molecule has 6 heteroatoms. The van der Waals surface area contributed by atoms with Gasteiger partial charge in [0.15, 0.2) is 5.11 Å². The normalized spacial score (nSPS) is 15.0. The van der Waals surface area contributed by atoms with E-state index in [1.807, 2.05) is 12.1 Å². The molecule has 2 rings (SSSR count). The molecule has 1 aromatic carbocycles. The molecule has 1 heterocycles. The Morgan fingerprint density at radius 3 is 2.39 bits per heavy atom. The van der Waals surface area contributed by atoms with Crippen LogP contribution in [0.3, 0.4) is 0 Å². The van der Waals surface area contributed by atoms with Gasteiger partial charge < -0.3 is 24.8 Å². The summed E-state index contributed by atoms with van der Waals surface area (Å²) >= 11 is 5.51. The summed E-state index contributed by atoms with van der Waals surface area (Å²) in [6.07, 6.45) is 1.11. The molecule has 0 spiro atoms. The molecule has 0 unspecified atom stereocenters. The molecule has 128 valence electrons. The van der Waals surface area contributed by atoms with Gasteiger partial charge in [0, 0.05) is 38.4 Å². The van der Waals surface area contributed by atoms with Gasteiger partial charge in [-0.2, -0.15) is 0 Å². The second kappa shape index (κ2) is 8.93. The summed E-state index contributed by atoms with van der Waals surface area (Å²) in [5.41, 5.74) is 1.25. The Kier molecular flexibility index (Phi) is 6.92. The average Bonchev–Trinajstić information content (AvgIpc) is 2.58. The van der Waals surface area contributed by atoms with Crippen LogP contribution in [0.2, 0.25) is 0 Å². The third-order valence-electron chi connectivity index (χ3n) is 4.06. The van der Waals surface area contributed by atoms with E-state index in [2.05, 4.69) is 46.2 Å². The number of rotatable bonds is 6. The molecule has 0 saturated carbocycles. The summed E-state index contributed by atoms with van der Waals surface area (Å²) < 4.78 is 5.21. The number of ether oxygens (including phenoxy) is 1. The highest BCUT2D eigenvalue weighted by Crippen LogP contribution is 2.20. The number of hydrogen-bond acceptors (Lipinski definition) is 4. The van der Waals surface area contributed by atoms with Gasteiger partial charge in [0.25, 0.3) is 0 Å². The lowest BCUT2D eigenvalue weighted by atomic mass is 10.2. The predicted octanol–water partition coefficient (Wildman–Crippen LogP) is 1.64. The lowest BCUT2D eigenvalue weighted by Gasteiger charge is -2.37. The van der Waals surface area contributed by atoms with Crippen molar-refractivity contribution < 1.29 is 4.74 Å². The Bertz CT molecular complexity index is 484. The number of anilines is 1. The SMILES string of the molecule is COc1ccc(N2CCN(C(=S)NCCCN(C)C)CC2)cc1. The van der Waals surface area contributed by atoms with E-state index in [1.54, 1.807) is 7.11 Å². The van der Waals surface area contributed by atoms with E-state index in [1.165, 1.54) is 5.69 Å². The highest BCUT2D eigenvalue weighted by Gasteiger charge is 2.18. The van der Waals surface area contributed by atoms with Gasteiger partial charge in [-0.25, -0.2) is 0 Å². The molecule has 1 saturated heterocycles. The molecule has 0 radical (unpaired) electrons. The van der Waals surface area contributed by atoms with E-state index in [4.69, 9.17) is 17.0 Å². The third-order valence-corrected chi connectivity index (χ3v) is 4.47. The molecule has 23 heavy (non-hydrogen) atoms. The van der Waals surface area contributed by atoms with Crippen molar-refractivity contribution in [1.29, 1.82) is 0 Å². The van der Waals surface area contributed by atoms with Crippen LogP contribution < -0.4 is 15.0 Å². The van der Waals surface area contributed by atoms with E-state index < -0.39 is 0 Å². The molecule has 1 aromatic rings. The van der Waals surface area contributed by atoms with Gasteiger partial charge in [0.05, 0.1) is 7.11 Å². The molecule has 0 aromatic heterocycles. The number of nitrogens with one attached hydrogen (secondary N) is 1. The zero-order chi connectivity index (χ0) is 16.7. The maximum Gasteiger partial charge on any atom is 0.169 e. The molecule has 1 aliphatic rings. The van der Waals surface area contributed by atoms with Crippen LogP contribution in [0.15, 0.2) is 24.3 Å². The maximum atomic E-state index is 5.51. The first kappa shape index (κ1) is 17.8. The standard InChI is InChI=1S/C17H28N4OS/c1-19(2)10-4-9-18-17(23)21-13-11-20(12-14-21)15-5-7-16(22-3)8-6-15/h5-8H,4,9-14H2,1-3H3,(H,18,23). The molecular weight excluding hydrogens is 308 g/mol. The van der Waals surface area contributed by atoms with Crippen LogP contribution in [0.4, 0.5) is 5.69 Å². The Labute approximate surface area is 145 Å². The Morgan fingerprint density at radius 2 is 1.83 bits per heavy atom. The fraction of sp³-hybridized carbons (Fsp3) is 0.588. The Hall–Kier alpha value is -1.53. The summed E-state index contributed by atoms with van der Waals surface area (Å²) in [4.78, 5) is 6.86. The van der Waals surface area contributed by atoms with Crippen molar-refractivity contribution in [3.63, 3.8) is 0 Å². The van der Waals surface area contributed by atoms with Crippen LogP contribution in [0.25, 0.3) is 0 Å². The molecule has 1 fully saturated rings. The van der Waals surface area contributed by atoms with Gasteiger partial charge in [-0.05, 0) is 63.5 Å². The van der Waals surface area contributed by atoms with Gasteiger partial charge in [0.1, 0.15) is 5.75 Å². The third kappa shape index (κ3) is 5.55. The first-order chi connectivity index (χ1) is 11.1. The summed E-state index contributed by atoms with van der Waals surface area (Å²) in [5, 5.41) is 4.26. The zero-order valence-corrected chi connectivity index (χ0v) is 15.2. The van der Waals surface area contributed by atoms with Crippen molar-refractivity contribution in [3.8, 4) is 5.75 Å². The van der Waals surface area contributed by atoms with Gasteiger partial charge in [-0.3, -0.25) is 0 Å². The van der Waals surface area contributed by atoms with Crippen LogP contribution in [-0.2, 0) is 0 Å². The number of hydrogen-bond donors (Lipinski definition) is 1. The van der Waals surface area contributed by atoms with Crippen molar-refractivity contribution in [2.75, 3.05) is 65.4 Å². The topological polar surface area (TPSA) is 31.0 Å². The Balaban J connectivity index is 1.73. The summed E-state index contributed by atoms with van der Waals surface area (Å²) in [5.74, 6) is 0.899. The van der Waals surface area contributed by atoms with Crippen molar-refractivity contribution in [1.82, 2.24) is 15.1 Å². The zero-order valence-electron chi connectivity index (χ0n) is 14.4. The number of benzene rings is 1. The lowest BCUT2D eigenvalue weighted by molar-refractivity contribution is 0.373. The first-order valence-corrected chi connectivity index (χ1v) is 8.57. The van der Waals surface area contributed by atoms with Crippen molar-refractivity contribution in [2.24, 2.45) is 0 Å². The second-order valence-electron chi connectivity index (χ2n) is 6.06. The van der Waals surface area contributed by atoms with E-state index in [0.717, 1.165) is 56.6 Å². The fourth-order valence-electron chi connectivity index (χ4n) is 2.66. The Morgan fingerprint density at radius 1 is 1.17 bits per heavy atom. The molecule has 1 N–H and O–H groups in total.